The highest BCUT2D eigenvalue weighted by atomic mass is 16.1. The molecule has 1 amide bonds. The van der Waals surface area contributed by atoms with Crippen LogP contribution >= 0.6 is 0 Å². The van der Waals surface area contributed by atoms with Crippen LogP contribution in [-0.4, -0.2) is 13.0 Å². The van der Waals surface area contributed by atoms with Gasteiger partial charge in [0.05, 0.1) is 0 Å². The summed E-state index contributed by atoms with van der Waals surface area (Å²) >= 11 is 0. The number of rotatable bonds is 17. The van der Waals surface area contributed by atoms with Gasteiger partial charge in [0.2, 0.25) is 5.91 Å². The number of amides is 1. The fraction of sp³-hybridized carbons (Fsp3) is 0.483. The van der Waals surface area contributed by atoms with Crippen molar-refractivity contribution in [2.45, 2.75) is 72.1 Å². The maximum atomic E-state index is 11.2. The maximum Gasteiger partial charge on any atom is 0.243 e. The van der Waals surface area contributed by atoms with Crippen molar-refractivity contribution in [3.05, 3.63) is 85.1 Å². The first-order valence-electron chi connectivity index (χ1n) is 11.8. The smallest absolute Gasteiger partial charge is 0.243 e. The molecule has 0 heterocycles. The highest BCUT2D eigenvalue weighted by Gasteiger charge is 2.11. The van der Waals surface area contributed by atoms with Gasteiger partial charge < -0.3 is 5.32 Å². The minimum atomic E-state index is -0.0678. The molecule has 2 nitrogen and oxygen atoms in total. The van der Waals surface area contributed by atoms with E-state index in [9.17, 15) is 4.79 Å². The summed E-state index contributed by atoms with van der Waals surface area (Å²) in [7, 11) is 1.63. The topological polar surface area (TPSA) is 29.1 Å². The molecule has 0 saturated heterocycles. The van der Waals surface area contributed by atoms with Crippen LogP contribution in [0.4, 0.5) is 0 Å². The number of hydrogen-bond acceptors (Lipinski definition) is 1. The molecule has 0 aromatic rings. The Bertz CT molecular complexity index is 660. The summed E-state index contributed by atoms with van der Waals surface area (Å²) < 4.78 is 0. The van der Waals surface area contributed by atoms with Crippen LogP contribution in [0, 0.1) is 11.8 Å². The molecule has 0 fully saturated rings. The molecule has 0 spiro atoms. The van der Waals surface area contributed by atoms with Gasteiger partial charge in [-0.2, -0.15) is 0 Å². The van der Waals surface area contributed by atoms with E-state index >= 15 is 0 Å². The Labute approximate surface area is 192 Å². The first-order valence-corrected chi connectivity index (χ1v) is 11.8. The van der Waals surface area contributed by atoms with Crippen LogP contribution in [0.3, 0.4) is 0 Å². The number of likely N-dealkylation sites (N-methyl/N-ethyl adjacent to an activating group) is 1. The van der Waals surface area contributed by atoms with Crippen molar-refractivity contribution in [1.29, 1.82) is 0 Å². The molecule has 0 aliphatic rings. The summed E-state index contributed by atoms with van der Waals surface area (Å²) in [6, 6.07) is 0. The molecule has 172 valence electrons. The van der Waals surface area contributed by atoms with E-state index in [0.29, 0.717) is 11.8 Å². The van der Waals surface area contributed by atoms with E-state index in [-0.39, 0.29) is 5.91 Å². The van der Waals surface area contributed by atoms with Gasteiger partial charge in [-0.15, -0.1) is 0 Å². The first kappa shape index (κ1) is 28.6. The third-order valence-corrected chi connectivity index (χ3v) is 5.44. The molecule has 31 heavy (non-hydrogen) atoms. The normalized spacial score (nSPS) is 15.0. The molecule has 0 aromatic carbocycles. The number of hydrogen-bond donors (Lipinski definition) is 1. The van der Waals surface area contributed by atoms with Crippen molar-refractivity contribution in [3.63, 3.8) is 0 Å². The minimum Gasteiger partial charge on any atom is -0.356 e. The number of carbonyl (C=O) groups is 1. The van der Waals surface area contributed by atoms with Crippen molar-refractivity contribution in [3.8, 4) is 0 Å². The van der Waals surface area contributed by atoms with Crippen molar-refractivity contribution in [1.82, 2.24) is 5.32 Å². The number of carbonyl (C=O) groups excluding carboxylic acids is 1. The summed E-state index contributed by atoms with van der Waals surface area (Å²) in [5.74, 6) is 1.33. The molecule has 0 rings (SSSR count). The zero-order valence-corrected chi connectivity index (χ0v) is 20.4. The summed E-state index contributed by atoms with van der Waals surface area (Å²) in [5.41, 5.74) is 2.58. The van der Waals surface area contributed by atoms with Gasteiger partial charge in [0.25, 0.3) is 0 Å². The molecule has 0 bridgehead atoms. The lowest BCUT2D eigenvalue weighted by molar-refractivity contribution is -0.116. The fourth-order valence-electron chi connectivity index (χ4n) is 3.39. The van der Waals surface area contributed by atoms with Gasteiger partial charge in [-0.1, -0.05) is 108 Å². The van der Waals surface area contributed by atoms with Crippen LogP contribution in [0.1, 0.15) is 72.1 Å². The molecule has 0 saturated carbocycles. The Morgan fingerprint density at radius 1 is 0.935 bits per heavy atom. The van der Waals surface area contributed by atoms with Crippen LogP contribution in [0.5, 0.6) is 0 Å². The van der Waals surface area contributed by atoms with E-state index in [1.54, 1.807) is 13.1 Å². The summed E-state index contributed by atoms with van der Waals surface area (Å²) in [6.07, 6.45) is 29.3. The molecule has 2 heteroatoms. The van der Waals surface area contributed by atoms with Gasteiger partial charge >= 0.3 is 0 Å². The Kier molecular flexibility index (Phi) is 18.1. The number of allylic oxidation sites excluding steroid dienone is 11. The second-order valence-electron chi connectivity index (χ2n) is 8.13. The van der Waals surface area contributed by atoms with Crippen LogP contribution in [0.25, 0.3) is 0 Å². The SMILES string of the molecule is C=C/C(=C\C=C\C[C@@H](C)CCC(CCC)C/C(C=C)=C/C=C/C/C=C\C(=O)NC)CC. The maximum absolute atomic E-state index is 11.2. The molecular formula is C29H45NO. The van der Waals surface area contributed by atoms with Crippen molar-refractivity contribution < 1.29 is 4.79 Å². The van der Waals surface area contributed by atoms with Gasteiger partial charge in [0.1, 0.15) is 0 Å². The second kappa shape index (κ2) is 19.6. The van der Waals surface area contributed by atoms with Gasteiger partial charge in [-0.05, 0) is 61.2 Å². The molecule has 0 aliphatic heterocycles. The summed E-state index contributed by atoms with van der Waals surface area (Å²) in [5, 5.41) is 2.58. The fourth-order valence-corrected chi connectivity index (χ4v) is 3.39. The predicted octanol–water partition coefficient (Wildman–Crippen LogP) is 8.04. The molecule has 0 aliphatic carbocycles. The van der Waals surface area contributed by atoms with E-state index in [2.05, 4.69) is 75.7 Å². The lowest BCUT2D eigenvalue weighted by Crippen LogP contribution is -2.13. The van der Waals surface area contributed by atoms with Gasteiger partial charge in [0, 0.05) is 7.05 Å². The van der Waals surface area contributed by atoms with Crippen LogP contribution < -0.4 is 5.32 Å². The molecule has 0 aromatic heterocycles. The van der Waals surface area contributed by atoms with Crippen LogP contribution in [0.15, 0.2) is 85.1 Å². The first-order chi connectivity index (χ1) is 15.0. The quantitative estimate of drug-likeness (QED) is 0.186. The Balaban J connectivity index is 4.60. The third-order valence-electron chi connectivity index (χ3n) is 5.44. The highest BCUT2D eigenvalue weighted by molar-refractivity contribution is 5.87. The van der Waals surface area contributed by atoms with Gasteiger partial charge in [-0.25, -0.2) is 0 Å². The third kappa shape index (κ3) is 16.1. The van der Waals surface area contributed by atoms with Gasteiger partial charge in [-0.3, -0.25) is 4.79 Å². The molecule has 0 radical (unpaired) electrons. The van der Waals surface area contributed by atoms with Crippen LogP contribution in [-0.2, 0) is 4.79 Å². The lowest BCUT2D eigenvalue weighted by Gasteiger charge is -2.19. The molecule has 2 atom stereocenters. The summed E-state index contributed by atoms with van der Waals surface area (Å²) in [6.45, 7) is 14.6. The zero-order chi connectivity index (χ0) is 23.3. The van der Waals surface area contributed by atoms with E-state index < -0.39 is 0 Å². The predicted molar refractivity (Wildman–Crippen MR) is 139 cm³/mol. The monoisotopic (exact) mass is 423 g/mol. The van der Waals surface area contributed by atoms with Crippen LogP contribution in [0.2, 0.25) is 0 Å². The van der Waals surface area contributed by atoms with Crippen molar-refractivity contribution in [2.75, 3.05) is 7.05 Å². The molecule has 1 N–H and O–H groups in total. The average Bonchev–Trinajstić information content (AvgIpc) is 2.78. The highest BCUT2D eigenvalue weighted by Crippen LogP contribution is 2.26. The Morgan fingerprint density at radius 3 is 2.23 bits per heavy atom. The van der Waals surface area contributed by atoms with Crippen molar-refractivity contribution >= 4 is 5.91 Å². The largest absolute Gasteiger partial charge is 0.356 e. The minimum absolute atomic E-state index is 0.0678. The summed E-state index contributed by atoms with van der Waals surface area (Å²) in [4.78, 5) is 11.2. The van der Waals surface area contributed by atoms with E-state index in [1.165, 1.54) is 36.8 Å². The molecule has 1 unspecified atom stereocenters. The second-order valence-corrected chi connectivity index (χ2v) is 8.13. The molecular weight excluding hydrogens is 378 g/mol. The Hall–Kier alpha value is -2.35. The Morgan fingerprint density at radius 2 is 1.61 bits per heavy atom. The van der Waals surface area contributed by atoms with Crippen molar-refractivity contribution in [2.24, 2.45) is 11.8 Å². The average molecular weight is 424 g/mol. The number of nitrogens with one attached hydrogen (secondary N) is 1. The zero-order valence-electron chi connectivity index (χ0n) is 20.4. The van der Waals surface area contributed by atoms with E-state index in [0.717, 1.165) is 25.7 Å². The standard InChI is InChI=1S/C29H45NO/c1-7-17-28(23-22-25(5)18-15-16-19-26(8-2)9-3)24-27(10-4)20-13-11-12-14-21-29(31)30-6/h8,10-11,13-16,19-21,25,28H,2,4,7,9,12,17-18,22-24H2,1,3,5-6H3,(H,30,31)/b13-11+,16-15+,21-14-,26-19+,27-20+/t25-,28?/m1/s1. The lowest BCUT2D eigenvalue weighted by atomic mass is 9.87. The van der Waals surface area contributed by atoms with E-state index in [1.807, 2.05) is 18.2 Å². The van der Waals surface area contributed by atoms with E-state index in [4.69, 9.17) is 0 Å². The van der Waals surface area contributed by atoms with Gasteiger partial charge in [0.15, 0.2) is 0 Å².